The molecule has 1 unspecified atom stereocenters. The van der Waals surface area contributed by atoms with Gasteiger partial charge in [-0.3, -0.25) is 14.5 Å². The van der Waals surface area contributed by atoms with Crippen molar-refractivity contribution in [3.63, 3.8) is 0 Å². The molecular weight excluding hydrogens is 396 g/mol. The monoisotopic (exact) mass is 432 g/mol. The summed E-state index contributed by atoms with van der Waals surface area (Å²) in [5.74, 6) is -0.287. The SMILES string of the molecule is CCc1ccc(NC(=O)CN2CCCC(C(=O)NCCNC(=O)OC(C)(C)C)C2)cc1. The molecule has 0 bridgehead atoms. The van der Waals surface area contributed by atoms with E-state index in [1.165, 1.54) is 5.56 Å². The summed E-state index contributed by atoms with van der Waals surface area (Å²) in [6, 6.07) is 7.84. The number of anilines is 1. The highest BCUT2D eigenvalue weighted by Gasteiger charge is 2.26. The minimum atomic E-state index is -0.551. The minimum absolute atomic E-state index is 0.0498. The molecule has 1 fully saturated rings. The summed E-state index contributed by atoms with van der Waals surface area (Å²) in [4.78, 5) is 38.5. The van der Waals surface area contributed by atoms with Crippen molar-refractivity contribution >= 4 is 23.6 Å². The Hall–Kier alpha value is -2.61. The summed E-state index contributed by atoms with van der Waals surface area (Å²) in [5, 5.41) is 8.40. The Balaban J connectivity index is 1.69. The quantitative estimate of drug-likeness (QED) is 0.548. The lowest BCUT2D eigenvalue weighted by molar-refractivity contribution is -0.127. The highest BCUT2D eigenvalue weighted by molar-refractivity contribution is 5.92. The number of piperidine rings is 1. The molecule has 0 radical (unpaired) electrons. The molecule has 1 aliphatic heterocycles. The smallest absolute Gasteiger partial charge is 0.407 e. The van der Waals surface area contributed by atoms with Crippen molar-refractivity contribution in [2.24, 2.45) is 5.92 Å². The Bertz CT molecular complexity index is 743. The molecule has 0 aliphatic carbocycles. The number of hydrogen-bond acceptors (Lipinski definition) is 5. The second-order valence-electron chi connectivity index (χ2n) is 8.89. The molecule has 0 aromatic heterocycles. The summed E-state index contributed by atoms with van der Waals surface area (Å²) < 4.78 is 5.16. The van der Waals surface area contributed by atoms with Crippen LogP contribution in [0.4, 0.5) is 10.5 Å². The number of nitrogens with one attached hydrogen (secondary N) is 3. The molecule has 1 saturated heterocycles. The maximum atomic E-state index is 12.5. The van der Waals surface area contributed by atoms with Crippen molar-refractivity contribution in [1.29, 1.82) is 0 Å². The van der Waals surface area contributed by atoms with E-state index in [9.17, 15) is 14.4 Å². The van der Waals surface area contributed by atoms with Gasteiger partial charge < -0.3 is 20.7 Å². The van der Waals surface area contributed by atoms with E-state index in [-0.39, 0.29) is 24.3 Å². The zero-order valence-corrected chi connectivity index (χ0v) is 19.1. The van der Waals surface area contributed by atoms with Crippen molar-refractivity contribution in [2.45, 2.75) is 52.6 Å². The third-order valence-electron chi connectivity index (χ3n) is 4.98. The number of rotatable bonds is 8. The van der Waals surface area contributed by atoms with E-state index in [1.54, 1.807) is 20.8 Å². The second kappa shape index (κ2) is 11.7. The number of benzene rings is 1. The predicted molar refractivity (Wildman–Crippen MR) is 121 cm³/mol. The topological polar surface area (TPSA) is 99.8 Å². The van der Waals surface area contributed by atoms with E-state index in [4.69, 9.17) is 4.74 Å². The summed E-state index contributed by atoms with van der Waals surface area (Å²) in [6.07, 6.45) is 2.12. The Morgan fingerprint density at radius 3 is 2.42 bits per heavy atom. The number of ether oxygens (including phenoxy) is 1. The normalized spacial score (nSPS) is 17.0. The van der Waals surface area contributed by atoms with Gasteiger partial charge in [0, 0.05) is 25.3 Å². The van der Waals surface area contributed by atoms with Gasteiger partial charge in [-0.2, -0.15) is 0 Å². The first kappa shape index (κ1) is 24.7. The van der Waals surface area contributed by atoms with Crippen LogP contribution in [0.5, 0.6) is 0 Å². The summed E-state index contributed by atoms with van der Waals surface area (Å²) in [6.45, 7) is 9.73. The van der Waals surface area contributed by atoms with Gasteiger partial charge in [0.05, 0.1) is 12.5 Å². The zero-order valence-electron chi connectivity index (χ0n) is 19.1. The first-order valence-electron chi connectivity index (χ1n) is 11.0. The zero-order chi connectivity index (χ0) is 22.9. The Kier molecular flexibility index (Phi) is 9.30. The van der Waals surface area contributed by atoms with Crippen LogP contribution in [0.2, 0.25) is 0 Å². The Labute approximate surface area is 185 Å². The molecule has 2 rings (SSSR count). The Morgan fingerprint density at radius 1 is 1.10 bits per heavy atom. The fourth-order valence-electron chi connectivity index (χ4n) is 3.45. The lowest BCUT2D eigenvalue weighted by atomic mass is 9.97. The highest BCUT2D eigenvalue weighted by atomic mass is 16.6. The lowest BCUT2D eigenvalue weighted by Crippen LogP contribution is -2.46. The molecule has 1 aliphatic rings. The highest BCUT2D eigenvalue weighted by Crippen LogP contribution is 2.17. The molecule has 0 spiro atoms. The van der Waals surface area contributed by atoms with E-state index < -0.39 is 11.7 Å². The molecule has 1 aromatic carbocycles. The molecule has 3 amide bonds. The van der Waals surface area contributed by atoms with Crippen LogP contribution in [0.25, 0.3) is 0 Å². The van der Waals surface area contributed by atoms with Crippen LogP contribution < -0.4 is 16.0 Å². The molecule has 1 aromatic rings. The van der Waals surface area contributed by atoms with Crippen molar-refractivity contribution in [1.82, 2.24) is 15.5 Å². The van der Waals surface area contributed by atoms with Crippen molar-refractivity contribution in [2.75, 3.05) is 38.0 Å². The largest absolute Gasteiger partial charge is 0.444 e. The summed E-state index contributed by atoms with van der Waals surface area (Å²) in [7, 11) is 0. The molecule has 172 valence electrons. The molecule has 0 saturated carbocycles. The molecule has 3 N–H and O–H groups in total. The van der Waals surface area contributed by atoms with Crippen LogP contribution in [0.15, 0.2) is 24.3 Å². The number of likely N-dealkylation sites (tertiary alicyclic amines) is 1. The molecule has 1 atom stereocenters. The van der Waals surface area contributed by atoms with Gasteiger partial charge in [0.1, 0.15) is 5.60 Å². The van der Waals surface area contributed by atoms with Gasteiger partial charge in [0.25, 0.3) is 0 Å². The summed E-state index contributed by atoms with van der Waals surface area (Å²) in [5.41, 5.74) is 1.46. The lowest BCUT2D eigenvalue weighted by Gasteiger charge is -2.31. The van der Waals surface area contributed by atoms with Gasteiger partial charge >= 0.3 is 6.09 Å². The molecule has 31 heavy (non-hydrogen) atoms. The maximum absolute atomic E-state index is 12.5. The van der Waals surface area contributed by atoms with Crippen molar-refractivity contribution in [3.8, 4) is 0 Å². The minimum Gasteiger partial charge on any atom is -0.444 e. The number of carbonyl (C=O) groups excluding carboxylic acids is 3. The van der Waals surface area contributed by atoms with Crippen LogP contribution in [-0.4, -0.2) is 61.1 Å². The Morgan fingerprint density at radius 2 is 1.77 bits per heavy atom. The average molecular weight is 433 g/mol. The van der Waals surface area contributed by atoms with E-state index >= 15 is 0 Å². The number of hydrogen-bond donors (Lipinski definition) is 3. The fraction of sp³-hybridized carbons (Fsp3) is 0.609. The summed E-state index contributed by atoms with van der Waals surface area (Å²) >= 11 is 0. The average Bonchev–Trinajstić information content (AvgIpc) is 2.70. The maximum Gasteiger partial charge on any atom is 0.407 e. The number of nitrogens with zero attached hydrogens (tertiary/aromatic N) is 1. The van der Waals surface area contributed by atoms with Crippen molar-refractivity contribution in [3.05, 3.63) is 29.8 Å². The predicted octanol–water partition coefficient (Wildman–Crippen LogP) is 2.54. The van der Waals surface area contributed by atoms with Gasteiger partial charge in [0.15, 0.2) is 0 Å². The van der Waals surface area contributed by atoms with Gasteiger partial charge in [-0.15, -0.1) is 0 Å². The number of aryl methyl sites for hydroxylation is 1. The van der Waals surface area contributed by atoms with E-state index in [2.05, 4.69) is 22.9 Å². The molecule has 8 nitrogen and oxygen atoms in total. The second-order valence-corrected chi connectivity index (χ2v) is 8.89. The van der Waals surface area contributed by atoms with Crippen LogP contribution >= 0.6 is 0 Å². The van der Waals surface area contributed by atoms with E-state index in [1.807, 2.05) is 29.2 Å². The molecule has 8 heteroatoms. The third-order valence-corrected chi connectivity index (χ3v) is 4.98. The van der Waals surface area contributed by atoms with Crippen LogP contribution in [-0.2, 0) is 20.7 Å². The van der Waals surface area contributed by atoms with Crippen LogP contribution in [0.1, 0.15) is 46.1 Å². The van der Waals surface area contributed by atoms with Gasteiger partial charge in [-0.05, 0) is 64.3 Å². The number of alkyl carbamates (subject to hydrolysis) is 1. The van der Waals surface area contributed by atoms with E-state index in [0.717, 1.165) is 31.5 Å². The first-order chi connectivity index (χ1) is 14.7. The van der Waals surface area contributed by atoms with Gasteiger partial charge in [-0.1, -0.05) is 19.1 Å². The standard InChI is InChI=1S/C23H36N4O4/c1-5-17-8-10-19(11-9-17)26-20(28)16-27-14-6-7-18(15-27)21(29)24-12-13-25-22(30)31-23(2,3)4/h8-11,18H,5-7,12-16H2,1-4H3,(H,24,29)(H,25,30)(H,26,28). The van der Waals surface area contributed by atoms with Gasteiger partial charge in [0.2, 0.25) is 11.8 Å². The van der Waals surface area contributed by atoms with E-state index in [0.29, 0.717) is 19.6 Å². The fourth-order valence-corrected chi connectivity index (χ4v) is 3.45. The van der Waals surface area contributed by atoms with Crippen LogP contribution in [0, 0.1) is 5.92 Å². The van der Waals surface area contributed by atoms with Gasteiger partial charge in [-0.25, -0.2) is 4.79 Å². The number of carbonyl (C=O) groups is 3. The number of amides is 3. The molecule has 1 heterocycles. The first-order valence-corrected chi connectivity index (χ1v) is 11.0. The third kappa shape index (κ3) is 9.38. The van der Waals surface area contributed by atoms with Crippen LogP contribution in [0.3, 0.4) is 0 Å². The molecular formula is C23H36N4O4. The van der Waals surface area contributed by atoms with Crippen molar-refractivity contribution < 1.29 is 19.1 Å².